The Hall–Kier alpha value is -3.40. The summed E-state index contributed by atoms with van der Waals surface area (Å²) in [6, 6.07) is 15.8. The van der Waals surface area contributed by atoms with Crippen molar-refractivity contribution in [3.05, 3.63) is 83.0 Å². The zero-order valence-corrected chi connectivity index (χ0v) is 19.4. The molecule has 0 radical (unpaired) electrons. The van der Waals surface area contributed by atoms with E-state index < -0.39 is 36.1 Å². The standard InChI is InChI=1S/C24H27ClN4O5/c1-16(26)23(31)29(24(32)33-15-18-10-6-3-7-11-18)20(12-17-8-4-2-5-9-17)22(30)27-14-19-13-21(25)28-34-19/h2-11,13,16,19-20,28H,12,14-15,26H2,1H3,(H,27,30)/t16-,19?,20-/m0/s1. The van der Waals surface area contributed by atoms with Crippen molar-refractivity contribution >= 4 is 29.5 Å². The van der Waals surface area contributed by atoms with Crippen LogP contribution in [0.3, 0.4) is 0 Å². The normalized spacial score (nSPS) is 16.6. The molecule has 0 aliphatic carbocycles. The maximum absolute atomic E-state index is 13.2. The Labute approximate surface area is 202 Å². The van der Waals surface area contributed by atoms with Crippen molar-refractivity contribution in [2.24, 2.45) is 5.73 Å². The smallest absolute Gasteiger partial charge is 0.417 e. The molecule has 0 aromatic heterocycles. The van der Waals surface area contributed by atoms with Crippen LogP contribution < -0.4 is 16.5 Å². The molecule has 4 N–H and O–H groups in total. The van der Waals surface area contributed by atoms with Gasteiger partial charge in [-0.25, -0.2) is 9.69 Å². The molecule has 0 saturated carbocycles. The van der Waals surface area contributed by atoms with Crippen LogP contribution in [-0.4, -0.2) is 47.5 Å². The Balaban J connectivity index is 1.82. The number of carbonyl (C=O) groups excluding carboxylic acids is 3. The Bertz CT molecular complexity index is 1020. The van der Waals surface area contributed by atoms with Gasteiger partial charge in [0, 0.05) is 6.42 Å². The van der Waals surface area contributed by atoms with Crippen molar-refractivity contribution < 1.29 is 24.0 Å². The van der Waals surface area contributed by atoms with Crippen LogP contribution in [0.2, 0.25) is 0 Å². The van der Waals surface area contributed by atoms with E-state index in [9.17, 15) is 14.4 Å². The van der Waals surface area contributed by atoms with Gasteiger partial charge < -0.3 is 15.8 Å². The summed E-state index contributed by atoms with van der Waals surface area (Å²) >= 11 is 5.83. The van der Waals surface area contributed by atoms with Gasteiger partial charge in [-0.2, -0.15) is 0 Å². The van der Waals surface area contributed by atoms with Gasteiger partial charge in [-0.05, 0) is 24.1 Å². The topological polar surface area (TPSA) is 123 Å². The second-order valence-electron chi connectivity index (χ2n) is 7.76. The van der Waals surface area contributed by atoms with Gasteiger partial charge in [0.1, 0.15) is 23.9 Å². The predicted octanol–water partition coefficient (Wildman–Crippen LogP) is 2.21. The van der Waals surface area contributed by atoms with Crippen molar-refractivity contribution in [3.8, 4) is 0 Å². The van der Waals surface area contributed by atoms with Crippen molar-refractivity contribution in [1.82, 2.24) is 15.7 Å². The lowest BCUT2D eigenvalue weighted by molar-refractivity contribution is -0.139. The van der Waals surface area contributed by atoms with Crippen LogP contribution in [0.1, 0.15) is 18.1 Å². The van der Waals surface area contributed by atoms with E-state index in [-0.39, 0.29) is 19.6 Å². The summed E-state index contributed by atoms with van der Waals surface area (Å²) in [5, 5.41) is 3.02. The quantitative estimate of drug-likeness (QED) is 0.464. The summed E-state index contributed by atoms with van der Waals surface area (Å²) in [4.78, 5) is 45.3. The van der Waals surface area contributed by atoms with E-state index in [0.717, 1.165) is 16.0 Å². The molecule has 0 spiro atoms. The Morgan fingerprint density at radius 2 is 1.74 bits per heavy atom. The first-order valence-corrected chi connectivity index (χ1v) is 11.1. The van der Waals surface area contributed by atoms with E-state index in [0.29, 0.717) is 5.16 Å². The van der Waals surface area contributed by atoms with Gasteiger partial charge in [-0.3, -0.25) is 19.9 Å². The minimum absolute atomic E-state index is 0.0625. The van der Waals surface area contributed by atoms with Gasteiger partial charge in [0.05, 0.1) is 12.6 Å². The summed E-state index contributed by atoms with van der Waals surface area (Å²) in [5.41, 5.74) is 9.80. The third-order valence-corrected chi connectivity index (χ3v) is 5.24. The van der Waals surface area contributed by atoms with Crippen molar-refractivity contribution in [3.63, 3.8) is 0 Å². The van der Waals surface area contributed by atoms with Gasteiger partial charge in [0.2, 0.25) is 11.8 Å². The molecule has 3 atom stereocenters. The highest BCUT2D eigenvalue weighted by Gasteiger charge is 2.37. The average molecular weight is 487 g/mol. The Morgan fingerprint density at radius 1 is 1.12 bits per heavy atom. The van der Waals surface area contributed by atoms with Crippen LogP contribution in [0.4, 0.5) is 4.79 Å². The summed E-state index contributed by atoms with van der Waals surface area (Å²) in [5.74, 6) is -1.29. The Kier molecular flexibility index (Phi) is 9.03. The molecular formula is C24H27ClN4O5. The number of benzene rings is 2. The van der Waals surface area contributed by atoms with Crippen molar-refractivity contribution in [2.45, 2.75) is 38.1 Å². The average Bonchev–Trinajstić information content (AvgIpc) is 3.27. The number of nitrogens with two attached hydrogens (primary N) is 1. The van der Waals surface area contributed by atoms with E-state index in [4.69, 9.17) is 26.9 Å². The number of amides is 3. The molecule has 0 bridgehead atoms. The number of hydrogen-bond acceptors (Lipinski definition) is 7. The van der Waals surface area contributed by atoms with E-state index >= 15 is 0 Å². The zero-order chi connectivity index (χ0) is 24.5. The van der Waals surface area contributed by atoms with Crippen LogP contribution in [0.25, 0.3) is 0 Å². The van der Waals surface area contributed by atoms with Crippen LogP contribution >= 0.6 is 11.6 Å². The molecule has 3 rings (SSSR count). The fourth-order valence-electron chi connectivity index (χ4n) is 3.30. The van der Waals surface area contributed by atoms with Crippen LogP contribution in [-0.2, 0) is 32.2 Å². The lowest BCUT2D eigenvalue weighted by atomic mass is 10.0. The molecule has 2 aromatic carbocycles. The second-order valence-corrected chi connectivity index (χ2v) is 8.17. The summed E-state index contributed by atoms with van der Waals surface area (Å²) in [6.45, 7) is 1.46. The third-order valence-electron chi connectivity index (χ3n) is 5.03. The van der Waals surface area contributed by atoms with Crippen molar-refractivity contribution in [1.29, 1.82) is 0 Å². The highest BCUT2D eigenvalue weighted by Crippen LogP contribution is 2.15. The molecule has 1 aliphatic heterocycles. The molecule has 2 aromatic rings. The van der Waals surface area contributed by atoms with Crippen LogP contribution in [0.15, 0.2) is 71.9 Å². The number of carbonyl (C=O) groups is 3. The second kappa shape index (κ2) is 12.2. The van der Waals surface area contributed by atoms with Crippen LogP contribution in [0, 0.1) is 0 Å². The summed E-state index contributed by atoms with van der Waals surface area (Å²) in [7, 11) is 0. The fraction of sp³-hybridized carbons (Fsp3) is 0.292. The third kappa shape index (κ3) is 7.05. The predicted molar refractivity (Wildman–Crippen MR) is 126 cm³/mol. The maximum atomic E-state index is 13.2. The molecule has 3 amide bonds. The lowest BCUT2D eigenvalue weighted by Gasteiger charge is -2.30. The van der Waals surface area contributed by atoms with Gasteiger partial charge in [0.25, 0.3) is 0 Å². The summed E-state index contributed by atoms with van der Waals surface area (Å²) < 4.78 is 5.39. The Morgan fingerprint density at radius 3 is 2.29 bits per heavy atom. The van der Waals surface area contributed by atoms with Gasteiger partial charge in [-0.1, -0.05) is 72.3 Å². The molecule has 34 heavy (non-hydrogen) atoms. The minimum Gasteiger partial charge on any atom is -0.444 e. The SMILES string of the molecule is C[C@H](N)C(=O)N(C(=O)OCc1ccccc1)[C@@H](Cc1ccccc1)C(=O)NCC1C=C(Cl)NO1. The molecular weight excluding hydrogens is 460 g/mol. The number of hydroxylamine groups is 1. The molecule has 180 valence electrons. The largest absolute Gasteiger partial charge is 0.444 e. The molecule has 9 nitrogen and oxygen atoms in total. The highest BCUT2D eigenvalue weighted by molar-refractivity contribution is 6.29. The number of rotatable bonds is 9. The minimum atomic E-state index is -1.20. The first kappa shape index (κ1) is 25.2. The first-order chi connectivity index (χ1) is 16.3. The van der Waals surface area contributed by atoms with Gasteiger partial charge in [0.15, 0.2) is 0 Å². The fourth-order valence-corrected chi connectivity index (χ4v) is 3.49. The van der Waals surface area contributed by atoms with E-state index in [1.54, 1.807) is 54.6 Å². The number of halogens is 1. The highest BCUT2D eigenvalue weighted by atomic mass is 35.5. The first-order valence-electron chi connectivity index (χ1n) is 10.7. The number of nitrogens with zero attached hydrogens (tertiary/aromatic N) is 1. The van der Waals surface area contributed by atoms with Crippen LogP contribution in [0.5, 0.6) is 0 Å². The van der Waals surface area contributed by atoms with Gasteiger partial charge in [-0.15, -0.1) is 0 Å². The van der Waals surface area contributed by atoms with Gasteiger partial charge >= 0.3 is 6.09 Å². The molecule has 10 heteroatoms. The summed E-state index contributed by atoms with van der Waals surface area (Å²) in [6.07, 6.45) is 0.208. The van der Waals surface area contributed by atoms with E-state index in [2.05, 4.69) is 10.8 Å². The molecule has 0 saturated heterocycles. The molecule has 1 aliphatic rings. The zero-order valence-electron chi connectivity index (χ0n) is 18.6. The number of imide groups is 1. The molecule has 1 heterocycles. The number of hydrogen-bond donors (Lipinski definition) is 3. The van der Waals surface area contributed by atoms with E-state index in [1.165, 1.54) is 6.92 Å². The van der Waals surface area contributed by atoms with Crippen molar-refractivity contribution in [2.75, 3.05) is 6.54 Å². The maximum Gasteiger partial charge on any atom is 0.417 e. The lowest BCUT2D eigenvalue weighted by Crippen LogP contribution is -2.57. The number of ether oxygens (including phenoxy) is 1. The molecule has 0 fully saturated rings. The van der Waals surface area contributed by atoms with E-state index in [1.807, 2.05) is 12.1 Å². The molecule has 1 unspecified atom stereocenters. The monoisotopic (exact) mass is 486 g/mol. The number of nitrogens with one attached hydrogen (secondary N) is 2.